The maximum atomic E-state index is 13.7. The molecule has 1 fully saturated rings. The number of ketones is 1. The van der Waals surface area contributed by atoms with Crippen LogP contribution in [0.4, 0.5) is 5.69 Å². The SMILES string of the molecule is CSCC[C@H](CC(=O)Nc1ccc(Cl)cc1)C(=O)N[C@@H](CC(C)C)C(=O)C[C@@H](Cc1ccccc1)C(=O)ON1C(=O)CCC1=O. The molecule has 10 nitrogen and oxygen atoms in total. The summed E-state index contributed by atoms with van der Waals surface area (Å²) >= 11 is 7.47. The van der Waals surface area contributed by atoms with Gasteiger partial charge in [-0.3, -0.25) is 24.0 Å². The normalized spacial score (nSPS) is 15.0. The Morgan fingerprint density at radius 3 is 2.18 bits per heavy atom. The molecule has 3 atom stereocenters. The van der Waals surface area contributed by atoms with E-state index >= 15 is 0 Å². The van der Waals surface area contributed by atoms with Crippen molar-refractivity contribution >= 4 is 64.4 Å². The maximum absolute atomic E-state index is 13.7. The van der Waals surface area contributed by atoms with E-state index in [1.165, 1.54) is 0 Å². The summed E-state index contributed by atoms with van der Waals surface area (Å²) in [5.41, 5.74) is 1.31. The standard InChI is InChI=1S/C33H40ClN3O7S/c1-21(2)17-27(36-32(42)23(15-16-45-3)20-29(39)35-26-11-9-25(34)10-12-26)28(38)19-24(18-22-7-5-4-6-8-22)33(43)44-37-30(40)13-14-31(37)41/h4-12,21,23-24,27H,13-20H2,1-3H3,(H,35,39)(H,36,42)/t23-,24-,27+/m1/s1. The fraction of sp³-hybridized carbons (Fsp3) is 0.455. The highest BCUT2D eigenvalue weighted by atomic mass is 35.5. The van der Waals surface area contributed by atoms with Crippen LogP contribution in [0.15, 0.2) is 54.6 Å². The van der Waals surface area contributed by atoms with Gasteiger partial charge in [-0.25, -0.2) is 4.79 Å². The zero-order valence-electron chi connectivity index (χ0n) is 25.8. The number of carbonyl (C=O) groups excluding carboxylic acids is 6. The van der Waals surface area contributed by atoms with Crippen LogP contribution >= 0.6 is 23.4 Å². The Labute approximate surface area is 272 Å². The molecule has 45 heavy (non-hydrogen) atoms. The lowest BCUT2D eigenvalue weighted by Gasteiger charge is -2.25. The summed E-state index contributed by atoms with van der Waals surface area (Å²) in [6, 6.07) is 14.7. The lowest BCUT2D eigenvalue weighted by molar-refractivity contribution is -0.200. The first-order valence-electron chi connectivity index (χ1n) is 15.0. The van der Waals surface area contributed by atoms with Crippen molar-refractivity contribution in [2.75, 3.05) is 17.3 Å². The zero-order chi connectivity index (χ0) is 32.9. The third kappa shape index (κ3) is 11.6. The van der Waals surface area contributed by atoms with Crippen molar-refractivity contribution < 1.29 is 33.6 Å². The topological polar surface area (TPSA) is 139 Å². The van der Waals surface area contributed by atoms with Gasteiger partial charge in [-0.2, -0.15) is 11.8 Å². The molecule has 0 aliphatic carbocycles. The number of halogens is 1. The highest BCUT2D eigenvalue weighted by Gasteiger charge is 2.37. The van der Waals surface area contributed by atoms with Crippen LogP contribution in [0.1, 0.15) is 57.9 Å². The largest absolute Gasteiger partial charge is 0.346 e. The maximum Gasteiger partial charge on any atom is 0.337 e. The number of amides is 4. The summed E-state index contributed by atoms with van der Waals surface area (Å²) in [5.74, 6) is -4.30. The Hall–Kier alpha value is -3.70. The molecular formula is C33H40ClN3O7S. The fourth-order valence-electron chi connectivity index (χ4n) is 4.93. The van der Waals surface area contributed by atoms with Gasteiger partial charge in [0, 0.05) is 42.3 Å². The van der Waals surface area contributed by atoms with Crippen LogP contribution in [0.5, 0.6) is 0 Å². The van der Waals surface area contributed by atoms with Gasteiger partial charge >= 0.3 is 5.97 Å². The molecule has 242 valence electrons. The predicted octanol–water partition coefficient (Wildman–Crippen LogP) is 4.99. The Balaban J connectivity index is 1.75. The van der Waals surface area contributed by atoms with Gasteiger partial charge in [-0.15, -0.1) is 5.06 Å². The van der Waals surface area contributed by atoms with E-state index in [0.717, 1.165) is 5.56 Å². The minimum Gasteiger partial charge on any atom is -0.346 e. The van der Waals surface area contributed by atoms with E-state index in [-0.39, 0.29) is 49.7 Å². The number of anilines is 1. The number of nitrogens with zero attached hydrogens (tertiary/aromatic N) is 1. The molecule has 4 amide bonds. The monoisotopic (exact) mass is 657 g/mol. The zero-order valence-corrected chi connectivity index (χ0v) is 27.3. The minimum atomic E-state index is -1.01. The number of imide groups is 1. The first-order valence-corrected chi connectivity index (χ1v) is 16.7. The number of rotatable bonds is 17. The van der Waals surface area contributed by atoms with E-state index in [4.69, 9.17) is 16.4 Å². The van der Waals surface area contributed by atoms with Crippen molar-refractivity contribution in [3.05, 3.63) is 65.2 Å². The van der Waals surface area contributed by atoms with Gasteiger partial charge in [0.1, 0.15) is 0 Å². The van der Waals surface area contributed by atoms with Crippen LogP contribution in [-0.2, 0) is 40.0 Å². The molecular weight excluding hydrogens is 618 g/mol. The smallest absolute Gasteiger partial charge is 0.337 e. The van der Waals surface area contributed by atoms with Gasteiger partial charge in [0.25, 0.3) is 11.8 Å². The molecule has 1 saturated heterocycles. The summed E-state index contributed by atoms with van der Waals surface area (Å²) in [7, 11) is 0. The molecule has 1 aliphatic rings. The van der Waals surface area contributed by atoms with E-state index in [1.54, 1.807) is 60.3 Å². The van der Waals surface area contributed by atoms with Crippen LogP contribution in [0.2, 0.25) is 5.02 Å². The number of nitrogens with one attached hydrogen (secondary N) is 2. The van der Waals surface area contributed by atoms with Crippen LogP contribution in [-0.4, -0.2) is 58.5 Å². The number of carbonyl (C=O) groups is 6. The third-order valence-electron chi connectivity index (χ3n) is 7.31. The highest BCUT2D eigenvalue weighted by Crippen LogP contribution is 2.22. The van der Waals surface area contributed by atoms with Crippen LogP contribution in [0, 0.1) is 17.8 Å². The molecule has 0 aromatic heterocycles. The number of Topliss-reactive ketones (excluding diaryl/α,β-unsaturated/α-hetero) is 1. The quantitative estimate of drug-likeness (QED) is 0.227. The Bertz CT molecular complexity index is 1340. The summed E-state index contributed by atoms with van der Waals surface area (Å²) in [4.78, 5) is 82.8. The van der Waals surface area contributed by atoms with Gasteiger partial charge in [-0.1, -0.05) is 55.8 Å². The molecule has 1 aliphatic heterocycles. The van der Waals surface area contributed by atoms with Crippen molar-refractivity contribution in [3.63, 3.8) is 0 Å². The first kappa shape index (κ1) is 35.8. The molecule has 0 bridgehead atoms. The van der Waals surface area contributed by atoms with E-state index in [1.807, 2.05) is 26.2 Å². The second kappa shape index (κ2) is 17.7. The van der Waals surface area contributed by atoms with E-state index in [9.17, 15) is 28.8 Å². The average molecular weight is 658 g/mol. The predicted molar refractivity (Wildman–Crippen MR) is 173 cm³/mol. The van der Waals surface area contributed by atoms with Gasteiger partial charge in [0.2, 0.25) is 11.8 Å². The lowest BCUT2D eigenvalue weighted by atomic mass is 9.89. The molecule has 12 heteroatoms. The average Bonchev–Trinajstić information content (AvgIpc) is 3.32. The number of hydroxylamine groups is 2. The van der Waals surface area contributed by atoms with Gasteiger partial charge in [-0.05, 0) is 67.0 Å². The second-order valence-corrected chi connectivity index (χ2v) is 12.9. The second-order valence-electron chi connectivity index (χ2n) is 11.5. The summed E-state index contributed by atoms with van der Waals surface area (Å²) < 4.78 is 0. The Morgan fingerprint density at radius 1 is 0.933 bits per heavy atom. The molecule has 0 radical (unpaired) electrons. The molecule has 0 saturated carbocycles. The van der Waals surface area contributed by atoms with Gasteiger partial charge in [0.05, 0.1) is 12.0 Å². The lowest BCUT2D eigenvalue weighted by Crippen LogP contribution is -2.46. The highest BCUT2D eigenvalue weighted by molar-refractivity contribution is 7.98. The van der Waals surface area contributed by atoms with Crippen molar-refractivity contribution in [1.29, 1.82) is 0 Å². The molecule has 3 rings (SSSR count). The van der Waals surface area contributed by atoms with E-state index < -0.39 is 41.6 Å². The van der Waals surface area contributed by atoms with Gasteiger partial charge in [0.15, 0.2) is 5.78 Å². The van der Waals surface area contributed by atoms with Crippen LogP contribution < -0.4 is 10.6 Å². The van der Waals surface area contributed by atoms with Crippen molar-refractivity contribution in [2.24, 2.45) is 17.8 Å². The summed E-state index contributed by atoms with van der Waals surface area (Å²) in [5, 5.41) is 6.65. The third-order valence-corrected chi connectivity index (χ3v) is 8.20. The Morgan fingerprint density at radius 2 is 1.58 bits per heavy atom. The van der Waals surface area contributed by atoms with Crippen molar-refractivity contribution in [1.82, 2.24) is 10.4 Å². The van der Waals surface area contributed by atoms with Gasteiger partial charge < -0.3 is 15.5 Å². The first-order chi connectivity index (χ1) is 21.5. The Kier molecular flexibility index (Phi) is 14.1. The summed E-state index contributed by atoms with van der Waals surface area (Å²) in [6.45, 7) is 3.83. The fourth-order valence-corrected chi connectivity index (χ4v) is 5.58. The number of thioether (sulfide) groups is 1. The molecule has 2 aromatic rings. The van der Waals surface area contributed by atoms with Crippen LogP contribution in [0.3, 0.4) is 0 Å². The molecule has 1 heterocycles. The number of benzene rings is 2. The van der Waals surface area contributed by atoms with E-state index in [0.29, 0.717) is 34.4 Å². The molecule has 2 aromatic carbocycles. The molecule has 0 unspecified atom stereocenters. The number of hydrogen-bond donors (Lipinski definition) is 2. The van der Waals surface area contributed by atoms with E-state index in [2.05, 4.69) is 10.6 Å². The van der Waals surface area contributed by atoms with Crippen LogP contribution in [0.25, 0.3) is 0 Å². The van der Waals surface area contributed by atoms with Crippen molar-refractivity contribution in [3.8, 4) is 0 Å². The minimum absolute atomic E-state index is 0.0245. The van der Waals surface area contributed by atoms with Crippen molar-refractivity contribution in [2.45, 2.75) is 64.8 Å². The summed E-state index contributed by atoms with van der Waals surface area (Å²) in [6.07, 6.45) is 2.30. The molecule has 0 spiro atoms. The number of hydrogen-bond acceptors (Lipinski definition) is 8. The molecule has 2 N–H and O–H groups in total.